The van der Waals surface area contributed by atoms with Crippen molar-refractivity contribution in [2.75, 3.05) is 19.7 Å². The number of fused-ring (bicyclic) bond motifs is 1. The fourth-order valence-corrected chi connectivity index (χ4v) is 7.17. The lowest BCUT2D eigenvalue weighted by molar-refractivity contribution is -0.142. The largest absolute Gasteiger partial charge is 0.466 e. The summed E-state index contributed by atoms with van der Waals surface area (Å²) in [4.78, 5) is 24.1. The molecule has 1 N–H and O–H groups in total. The number of nitrogens with zero attached hydrogens (tertiary/aromatic N) is 1. The number of ketones is 1. The number of hydrogen-bond donors (Lipinski definition) is 1. The lowest BCUT2D eigenvalue weighted by Gasteiger charge is -2.33. The first kappa shape index (κ1) is 23.2. The number of carbonyl (C=O) groups is 2. The van der Waals surface area contributed by atoms with Crippen LogP contribution in [-0.2, 0) is 32.6 Å². The molecule has 7 nitrogen and oxygen atoms in total. The van der Waals surface area contributed by atoms with Crippen molar-refractivity contribution in [1.82, 2.24) is 9.03 Å². The van der Waals surface area contributed by atoms with Crippen LogP contribution in [0.3, 0.4) is 0 Å². The molecule has 1 heterocycles. The minimum atomic E-state index is -4.62. The molecule has 1 saturated carbocycles. The molecule has 3 aliphatic rings. The van der Waals surface area contributed by atoms with Crippen LogP contribution in [0.2, 0.25) is 0 Å². The van der Waals surface area contributed by atoms with E-state index in [0.717, 1.165) is 17.5 Å². The third-order valence-corrected chi connectivity index (χ3v) is 8.42. The molecule has 3 atom stereocenters. The molecule has 11 heteroatoms. The van der Waals surface area contributed by atoms with Gasteiger partial charge in [-0.3, -0.25) is 9.59 Å². The van der Waals surface area contributed by atoms with Crippen LogP contribution < -0.4 is 4.72 Å². The number of Topliss-reactive ketones (excluding diaryl/α,β-unsaturated/α-hetero) is 1. The summed E-state index contributed by atoms with van der Waals surface area (Å²) in [5, 5.41) is 0. The number of hydrogen-bond acceptors (Lipinski definition) is 5. The number of benzene rings is 1. The van der Waals surface area contributed by atoms with Crippen molar-refractivity contribution in [2.24, 2.45) is 11.8 Å². The maximum atomic E-state index is 13.0. The number of ether oxygens (including phenoxy) is 1. The van der Waals surface area contributed by atoms with Crippen molar-refractivity contribution < 1.29 is 35.9 Å². The number of nitrogens with one attached hydrogen (secondary N) is 1. The lowest BCUT2D eigenvalue weighted by Crippen LogP contribution is -2.52. The van der Waals surface area contributed by atoms with Gasteiger partial charge in [0.2, 0.25) is 0 Å². The fraction of sp³-hybridized carbons (Fsp3) is 0.619. The first-order chi connectivity index (χ1) is 14.9. The van der Waals surface area contributed by atoms with E-state index in [1.165, 1.54) is 0 Å². The smallest absolute Gasteiger partial charge is 0.402 e. The van der Waals surface area contributed by atoms with Gasteiger partial charge in [-0.15, -0.1) is 0 Å². The van der Waals surface area contributed by atoms with Crippen molar-refractivity contribution in [2.45, 2.75) is 50.7 Å². The van der Waals surface area contributed by atoms with Crippen LogP contribution in [-0.4, -0.2) is 55.9 Å². The van der Waals surface area contributed by atoms with Gasteiger partial charge in [-0.1, -0.05) is 12.1 Å². The quantitative estimate of drug-likeness (QED) is 0.402. The zero-order valence-electron chi connectivity index (χ0n) is 17.6. The van der Waals surface area contributed by atoms with Crippen LogP contribution >= 0.6 is 0 Å². The number of esters is 1. The number of rotatable bonds is 5. The Balaban J connectivity index is 1.59. The molecule has 0 aromatic heterocycles. The van der Waals surface area contributed by atoms with Crippen LogP contribution in [0.25, 0.3) is 0 Å². The summed E-state index contributed by atoms with van der Waals surface area (Å²) in [5.41, 5.74) is 1.24. The van der Waals surface area contributed by atoms with E-state index < -0.39 is 34.4 Å². The van der Waals surface area contributed by atoms with E-state index >= 15 is 0 Å². The highest BCUT2D eigenvalue weighted by Crippen LogP contribution is 2.50. The Bertz CT molecular complexity index is 1040. The van der Waals surface area contributed by atoms with Crippen molar-refractivity contribution in [1.29, 1.82) is 0 Å². The molecular formula is C21H25F3N2O5S. The highest BCUT2D eigenvalue weighted by Gasteiger charge is 2.60. The predicted molar refractivity (Wildman–Crippen MR) is 108 cm³/mol. The third kappa shape index (κ3) is 4.29. The van der Waals surface area contributed by atoms with Gasteiger partial charge in [0.1, 0.15) is 13.0 Å². The summed E-state index contributed by atoms with van der Waals surface area (Å²) in [7, 11) is -4.24. The summed E-state index contributed by atoms with van der Waals surface area (Å²) < 4.78 is 71.9. The molecule has 32 heavy (non-hydrogen) atoms. The lowest BCUT2D eigenvalue weighted by atomic mass is 9.79. The SMILES string of the molecule is CCOC(=O)CC(=O)c1ccc2c(c1)C[C@H]1CC[C@@H](C2)[C@]12CN(CC(F)(F)F)S(=O)(=O)N2. The van der Waals surface area contributed by atoms with Gasteiger partial charge in [0.05, 0.1) is 12.1 Å². The fourth-order valence-electron chi connectivity index (χ4n) is 5.46. The highest BCUT2D eigenvalue weighted by atomic mass is 32.2. The minimum Gasteiger partial charge on any atom is -0.466 e. The molecule has 1 saturated heterocycles. The molecule has 4 rings (SSSR count). The monoisotopic (exact) mass is 474 g/mol. The van der Waals surface area contributed by atoms with Gasteiger partial charge in [0.25, 0.3) is 10.2 Å². The van der Waals surface area contributed by atoms with Gasteiger partial charge in [-0.05, 0) is 61.6 Å². The molecule has 176 valence electrons. The maximum Gasteiger partial charge on any atom is 0.402 e. The van der Waals surface area contributed by atoms with Crippen LogP contribution in [0.15, 0.2) is 18.2 Å². The molecule has 0 amide bonds. The van der Waals surface area contributed by atoms with Gasteiger partial charge < -0.3 is 4.74 Å². The topological polar surface area (TPSA) is 92.8 Å². The average Bonchev–Trinajstić information content (AvgIpc) is 3.05. The van der Waals surface area contributed by atoms with Crippen LogP contribution in [0, 0.1) is 11.8 Å². The summed E-state index contributed by atoms with van der Waals surface area (Å²) >= 11 is 0. The van der Waals surface area contributed by atoms with E-state index in [2.05, 4.69) is 4.72 Å². The molecule has 2 aliphatic carbocycles. The minimum absolute atomic E-state index is 0.136. The summed E-state index contributed by atoms with van der Waals surface area (Å²) in [6.45, 7) is 0.112. The molecule has 0 radical (unpaired) electrons. The van der Waals surface area contributed by atoms with Gasteiger partial charge in [0, 0.05) is 12.1 Å². The second-order valence-electron chi connectivity index (χ2n) is 8.80. The van der Waals surface area contributed by atoms with Gasteiger partial charge in [-0.2, -0.15) is 30.6 Å². The molecule has 1 aliphatic heterocycles. The Morgan fingerprint density at radius 2 is 1.84 bits per heavy atom. The zero-order chi connectivity index (χ0) is 23.3. The van der Waals surface area contributed by atoms with Crippen molar-refractivity contribution in [3.63, 3.8) is 0 Å². The van der Waals surface area contributed by atoms with Gasteiger partial charge in [-0.25, -0.2) is 0 Å². The first-order valence-corrected chi connectivity index (χ1v) is 12.0. The second kappa shape index (κ2) is 8.11. The van der Waals surface area contributed by atoms with E-state index in [1.807, 2.05) is 0 Å². The highest BCUT2D eigenvalue weighted by molar-refractivity contribution is 7.87. The molecule has 2 fully saturated rings. The van der Waals surface area contributed by atoms with Crippen molar-refractivity contribution >= 4 is 22.0 Å². The van der Waals surface area contributed by atoms with E-state index in [9.17, 15) is 31.2 Å². The Labute approximate surface area is 184 Å². The van der Waals surface area contributed by atoms with Gasteiger partial charge >= 0.3 is 12.1 Å². The number of alkyl halides is 3. The predicted octanol–water partition coefficient (Wildman–Crippen LogP) is 2.40. The van der Waals surface area contributed by atoms with Crippen molar-refractivity contribution in [3.8, 4) is 0 Å². The van der Waals surface area contributed by atoms with Crippen LogP contribution in [0.4, 0.5) is 13.2 Å². The Morgan fingerprint density at radius 1 is 1.19 bits per heavy atom. The Hall–Kier alpha value is -1.98. The molecule has 1 aromatic rings. The second-order valence-corrected chi connectivity index (χ2v) is 10.5. The zero-order valence-corrected chi connectivity index (χ0v) is 18.4. The Morgan fingerprint density at radius 3 is 2.47 bits per heavy atom. The van der Waals surface area contributed by atoms with E-state index in [1.54, 1.807) is 25.1 Å². The third-order valence-electron chi connectivity index (χ3n) is 6.84. The molecule has 1 aromatic carbocycles. The molecular weight excluding hydrogens is 449 g/mol. The summed E-state index contributed by atoms with van der Waals surface area (Å²) in [5.74, 6) is -1.29. The number of halogens is 3. The first-order valence-electron chi connectivity index (χ1n) is 10.6. The standard InChI is InChI=1S/C21H25F3N2O5S/c1-2-31-19(28)10-18(27)14-4-3-13-8-16-5-6-17(9-15(13)7-14)20(16)11-26(12-21(22,23)24)32(29,30)25-20/h3-4,7,16-17,25H,2,5-6,8-12H2,1H3/t16-,17+,20+/m0/s1. The van der Waals surface area contributed by atoms with E-state index in [4.69, 9.17) is 4.74 Å². The van der Waals surface area contributed by atoms with Gasteiger partial charge in [0.15, 0.2) is 5.78 Å². The molecule has 2 bridgehead atoms. The Kier molecular flexibility index (Phi) is 5.87. The summed E-state index contributed by atoms with van der Waals surface area (Å²) in [6.07, 6.45) is -2.62. The van der Waals surface area contributed by atoms with Crippen LogP contribution in [0.1, 0.15) is 47.7 Å². The van der Waals surface area contributed by atoms with E-state index in [0.29, 0.717) is 29.1 Å². The number of carbonyl (C=O) groups excluding carboxylic acids is 2. The van der Waals surface area contributed by atoms with Crippen molar-refractivity contribution in [3.05, 3.63) is 34.9 Å². The van der Waals surface area contributed by atoms with E-state index in [-0.39, 0.29) is 37.2 Å². The molecule has 0 unspecified atom stereocenters. The maximum absolute atomic E-state index is 13.0. The average molecular weight is 475 g/mol. The normalized spacial score (nSPS) is 29.0. The summed E-state index contributed by atoms with van der Waals surface area (Å²) in [6, 6.07) is 5.17. The van der Waals surface area contributed by atoms with Crippen LogP contribution in [0.5, 0.6) is 0 Å². The molecule has 1 spiro atoms.